The van der Waals surface area contributed by atoms with Gasteiger partial charge in [0.1, 0.15) is 5.60 Å². The number of carboxylic acid groups (broad SMARTS) is 1. The average molecular weight is 271 g/mol. The minimum absolute atomic E-state index is 0.0766. The second-order valence-corrected chi connectivity index (χ2v) is 6.31. The Bertz CT molecular complexity index is 318. The molecule has 2 N–H and O–H groups in total. The van der Waals surface area contributed by atoms with E-state index in [1.807, 2.05) is 20.8 Å². The molecule has 0 aromatic heterocycles. The molecule has 1 aliphatic carbocycles. The first kappa shape index (κ1) is 15.8. The lowest BCUT2D eigenvalue weighted by atomic mass is 9.80. The molecular weight excluding hydrogens is 246 g/mol. The van der Waals surface area contributed by atoms with Gasteiger partial charge in [0.05, 0.1) is 0 Å². The number of carboxylic acids is 1. The van der Waals surface area contributed by atoms with E-state index < -0.39 is 17.7 Å². The largest absolute Gasteiger partial charge is 0.481 e. The summed E-state index contributed by atoms with van der Waals surface area (Å²) in [6.07, 6.45) is 4.54. The van der Waals surface area contributed by atoms with Crippen LogP contribution in [0.25, 0.3) is 0 Å². The van der Waals surface area contributed by atoms with Gasteiger partial charge in [0, 0.05) is 12.5 Å². The zero-order chi connectivity index (χ0) is 14.5. The van der Waals surface area contributed by atoms with Crippen molar-refractivity contribution < 1.29 is 19.4 Å². The topological polar surface area (TPSA) is 75.6 Å². The molecule has 0 saturated heterocycles. The molecule has 0 bridgehead atoms. The van der Waals surface area contributed by atoms with Crippen molar-refractivity contribution in [1.29, 1.82) is 0 Å². The van der Waals surface area contributed by atoms with E-state index in [2.05, 4.69) is 5.32 Å². The van der Waals surface area contributed by atoms with E-state index in [9.17, 15) is 9.59 Å². The van der Waals surface area contributed by atoms with Crippen molar-refractivity contribution in [2.75, 3.05) is 0 Å². The highest BCUT2D eigenvalue weighted by Crippen LogP contribution is 2.31. The van der Waals surface area contributed by atoms with Gasteiger partial charge in [-0.3, -0.25) is 4.79 Å². The van der Waals surface area contributed by atoms with E-state index in [0.717, 1.165) is 6.42 Å². The van der Waals surface area contributed by atoms with Crippen LogP contribution in [-0.4, -0.2) is 28.8 Å². The van der Waals surface area contributed by atoms with Crippen LogP contribution in [-0.2, 0) is 9.53 Å². The molecule has 0 spiro atoms. The Hall–Kier alpha value is -1.26. The van der Waals surface area contributed by atoms with E-state index >= 15 is 0 Å². The van der Waals surface area contributed by atoms with Crippen molar-refractivity contribution in [2.45, 2.75) is 70.9 Å². The summed E-state index contributed by atoms with van der Waals surface area (Å²) in [5, 5.41) is 11.5. The number of nitrogens with one attached hydrogen (secondary N) is 1. The molecule has 1 rings (SSSR count). The van der Waals surface area contributed by atoms with Crippen molar-refractivity contribution in [3.05, 3.63) is 0 Å². The van der Waals surface area contributed by atoms with Gasteiger partial charge in [-0.25, -0.2) is 4.79 Å². The number of rotatable bonds is 6. The SMILES string of the molecule is CC(C)(C)OC(=O)NC(CCC(=O)O)CC1CCC1. The quantitative estimate of drug-likeness (QED) is 0.778. The van der Waals surface area contributed by atoms with Crippen LogP contribution in [0.15, 0.2) is 0 Å². The van der Waals surface area contributed by atoms with Gasteiger partial charge in [-0.05, 0) is 39.5 Å². The van der Waals surface area contributed by atoms with Gasteiger partial charge in [-0.1, -0.05) is 19.3 Å². The molecule has 1 atom stereocenters. The van der Waals surface area contributed by atoms with Crippen molar-refractivity contribution in [1.82, 2.24) is 5.32 Å². The summed E-state index contributed by atoms with van der Waals surface area (Å²) in [5.41, 5.74) is -0.530. The highest BCUT2D eigenvalue weighted by molar-refractivity contribution is 5.69. The van der Waals surface area contributed by atoms with E-state index in [1.165, 1.54) is 19.3 Å². The Morgan fingerprint density at radius 2 is 2.00 bits per heavy atom. The molecule has 0 heterocycles. The third-order valence-corrected chi connectivity index (χ3v) is 3.27. The fraction of sp³-hybridized carbons (Fsp3) is 0.857. The second kappa shape index (κ2) is 6.78. The number of carbonyl (C=O) groups excluding carboxylic acids is 1. The molecule has 0 aromatic carbocycles. The standard InChI is InChI=1S/C14H25NO4/c1-14(2,3)19-13(18)15-11(7-8-12(16)17)9-10-5-4-6-10/h10-11H,4-9H2,1-3H3,(H,15,18)(H,16,17). The molecule has 5 heteroatoms. The number of amides is 1. The number of ether oxygens (including phenoxy) is 1. The van der Waals surface area contributed by atoms with Crippen LogP contribution in [0.4, 0.5) is 4.79 Å². The fourth-order valence-corrected chi connectivity index (χ4v) is 2.15. The molecule has 1 amide bonds. The first-order valence-electron chi connectivity index (χ1n) is 6.97. The summed E-state index contributed by atoms with van der Waals surface area (Å²) in [6, 6.07) is -0.101. The molecule has 0 aromatic rings. The van der Waals surface area contributed by atoms with Crippen LogP contribution in [0.2, 0.25) is 0 Å². The lowest BCUT2D eigenvalue weighted by Crippen LogP contribution is -2.41. The van der Waals surface area contributed by atoms with Crippen molar-refractivity contribution in [3.8, 4) is 0 Å². The number of alkyl carbamates (subject to hydrolysis) is 1. The van der Waals surface area contributed by atoms with Crippen molar-refractivity contribution >= 4 is 12.1 Å². The Morgan fingerprint density at radius 1 is 1.37 bits per heavy atom. The monoisotopic (exact) mass is 271 g/mol. The number of hydrogen-bond donors (Lipinski definition) is 2. The zero-order valence-corrected chi connectivity index (χ0v) is 12.1. The van der Waals surface area contributed by atoms with Crippen LogP contribution >= 0.6 is 0 Å². The van der Waals surface area contributed by atoms with E-state index in [4.69, 9.17) is 9.84 Å². The van der Waals surface area contributed by atoms with Crippen LogP contribution < -0.4 is 5.32 Å². The van der Waals surface area contributed by atoms with Gasteiger partial charge < -0.3 is 15.2 Å². The van der Waals surface area contributed by atoms with E-state index in [1.54, 1.807) is 0 Å². The predicted molar refractivity (Wildman–Crippen MR) is 72.0 cm³/mol. The first-order chi connectivity index (χ1) is 8.76. The molecule has 1 aliphatic rings. The van der Waals surface area contributed by atoms with Crippen molar-refractivity contribution in [2.24, 2.45) is 5.92 Å². The molecule has 5 nitrogen and oxygen atoms in total. The lowest BCUT2D eigenvalue weighted by Gasteiger charge is -2.30. The molecule has 19 heavy (non-hydrogen) atoms. The van der Waals surface area contributed by atoms with Crippen LogP contribution in [0.1, 0.15) is 59.3 Å². The maximum atomic E-state index is 11.7. The summed E-state index contributed by atoms with van der Waals surface area (Å²) in [7, 11) is 0. The Labute approximate surface area is 114 Å². The minimum atomic E-state index is -0.829. The summed E-state index contributed by atoms with van der Waals surface area (Å²) in [6.45, 7) is 5.43. The summed E-state index contributed by atoms with van der Waals surface area (Å²) in [4.78, 5) is 22.4. The lowest BCUT2D eigenvalue weighted by molar-refractivity contribution is -0.137. The third-order valence-electron chi connectivity index (χ3n) is 3.27. The Kier molecular flexibility index (Phi) is 5.63. The third kappa shape index (κ3) is 7.03. The molecular formula is C14H25NO4. The van der Waals surface area contributed by atoms with Crippen LogP contribution in [0.3, 0.4) is 0 Å². The molecule has 0 radical (unpaired) electrons. The van der Waals surface area contributed by atoms with Gasteiger partial charge in [0.25, 0.3) is 0 Å². The molecule has 110 valence electrons. The van der Waals surface area contributed by atoms with Gasteiger partial charge >= 0.3 is 12.1 Å². The van der Waals surface area contributed by atoms with Crippen molar-refractivity contribution in [3.63, 3.8) is 0 Å². The molecule has 1 saturated carbocycles. The Morgan fingerprint density at radius 3 is 2.42 bits per heavy atom. The van der Waals surface area contributed by atoms with E-state index in [0.29, 0.717) is 12.3 Å². The number of hydrogen-bond acceptors (Lipinski definition) is 3. The summed E-state index contributed by atoms with van der Waals surface area (Å²) in [5.74, 6) is -0.210. The average Bonchev–Trinajstić information content (AvgIpc) is 2.16. The molecule has 1 unspecified atom stereocenters. The van der Waals surface area contributed by atoms with Crippen LogP contribution in [0.5, 0.6) is 0 Å². The summed E-state index contributed by atoms with van der Waals surface area (Å²) >= 11 is 0. The fourth-order valence-electron chi connectivity index (χ4n) is 2.15. The zero-order valence-electron chi connectivity index (χ0n) is 12.1. The van der Waals surface area contributed by atoms with E-state index in [-0.39, 0.29) is 12.5 Å². The van der Waals surface area contributed by atoms with Gasteiger partial charge in [0.2, 0.25) is 0 Å². The number of aliphatic carboxylic acids is 1. The normalized spacial score (nSPS) is 17.4. The van der Waals surface area contributed by atoms with Crippen LogP contribution in [0, 0.1) is 5.92 Å². The minimum Gasteiger partial charge on any atom is -0.481 e. The maximum absolute atomic E-state index is 11.7. The van der Waals surface area contributed by atoms with Gasteiger partial charge in [-0.2, -0.15) is 0 Å². The van der Waals surface area contributed by atoms with Gasteiger partial charge in [0.15, 0.2) is 0 Å². The first-order valence-corrected chi connectivity index (χ1v) is 6.97. The smallest absolute Gasteiger partial charge is 0.407 e. The number of carbonyl (C=O) groups is 2. The maximum Gasteiger partial charge on any atom is 0.407 e. The summed E-state index contributed by atoms with van der Waals surface area (Å²) < 4.78 is 5.21. The second-order valence-electron chi connectivity index (χ2n) is 6.31. The Balaban J connectivity index is 2.42. The van der Waals surface area contributed by atoms with Gasteiger partial charge in [-0.15, -0.1) is 0 Å². The molecule has 0 aliphatic heterocycles. The molecule has 1 fully saturated rings. The highest BCUT2D eigenvalue weighted by Gasteiger charge is 2.25. The predicted octanol–water partition coefficient (Wildman–Crippen LogP) is 2.93. The highest BCUT2D eigenvalue weighted by atomic mass is 16.6.